The van der Waals surface area contributed by atoms with Crippen molar-refractivity contribution < 1.29 is 27.6 Å². The zero-order valence-electron chi connectivity index (χ0n) is 18.1. The molecule has 0 aliphatic heterocycles. The van der Waals surface area contributed by atoms with E-state index in [1.165, 1.54) is 18.3 Å². The number of nitrogens with two attached hydrogens (primary N) is 2. The van der Waals surface area contributed by atoms with Crippen LogP contribution in [0.3, 0.4) is 0 Å². The largest absolute Gasteiger partial charge is 0.493 e. The Hall–Kier alpha value is -4.39. The van der Waals surface area contributed by atoms with Gasteiger partial charge in [0.15, 0.2) is 0 Å². The van der Waals surface area contributed by atoms with Crippen LogP contribution < -0.4 is 20.4 Å². The molecule has 0 atom stereocenters. The molecule has 0 spiro atoms. The number of guanidine groups is 1. The Morgan fingerprint density at radius 1 is 1.12 bits per heavy atom. The highest BCUT2D eigenvalue weighted by Gasteiger charge is 2.20. The van der Waals surface area contributed by atoms with Gasteiger partial charge in [-0.05, 0) is 36.1 Å². The summed E-state index contributed by atoms with van der Waals surface area (Å²) < 4.78 is 36.9. The number of aryl methyl sites for hydroxylation is 1. The molecule has 12 nitrogen and oxygen atoms in total. The fraction of sp³-hybridized carbons (Fsp3) is 0.143. The van der Waals surface area contributed by atoms with Crippen LogP contribution in [0.1, 0.15) is 12.0 Å². The normalized spacial score (nSPS) is 10.9. The van der Waals surface area contributed by atoms with Gasteiger partial charge in [0.25, 0.3) is 5.09 Å². The highest BCUT2D eigenvalue weighted by atomic mass is 32.2. The van der Waals surface area contributed by atoms with Crippen LogP contribution in [0.5, 0.6) is 11.5 Å². The first-order chi connectivity index (χ1) is 16.1. The molecule has 3 aromatic carbocycles. The zero-order valence-corrected chi connectivity index (χ0v) is 18.9. The van der Waals surface area contributed by atoms with Gasteiger partial charge < -0.3 is 25.6 Å². The first-order valence-electron chi connectivity index (χ1n) is 9.69. The van der Waals surface area contributed by atoms with Gasteiger partial charge in [0.1, 0.15) is 16.4 Å². The van der Waals surface area contributed by atoms with Crippen molar-refractivity contribution in [2.45, 2.75) is 18.2 Å². The predicted octanol–water partition coefficient (Wildman–Crippen LogP) is 2.60. The molecule has 34 heavy (non-hydrogen) atoms. The van der Waals surface area contributed by atoms with Crippen LogP contribution in [0, 0.1) is 17.0 Å². The highest BCUT2D eigenvalue weighted by Crippen LogP contribution is 2.28. The maximum absolute atomic E-state index is 12.9. The number of benzene rings is 3. The molecule has 5 N–H and O–H groups in total. The average molecular weight is 490 g/mol. The van der Waals surface area contributed by atoms with Crippen LogP contribution in [0.2, 0.25) is 0 Å². The molecule has 3 aromatic rings. The topological polar surface area (TPSA) is 193 Å². The van der Waals surface area contributed by atoms with Crippen LogP contribution in [0.4, 0.5) is 0 Å². The van der Waals surface area contributed by atoms with E-state index in [4.69, 9.17) is 35.7 Å². The third-order valence-electron chi connectivity index (χ3n) is 4.02. The number of nitrogens with zero attached hydrogens (tertiary/aromatic N) is 3. The third-order valence-corrected chi connectivity index (χ3v) is 5.33. The zero-order chi connectivity index (χ0) is 25.1. The van der Waals surface area contributed by atoms with Crippen LogP contribution >= 0.6 is 0 Å². The maximum atomic E-state index is 12.9. The Morgan fingerprint density at radius 2 is 1.76 bits per heavy atom. The van der Waals surface area contributed by atoms with Crippen molar-refractivity contribution in [2.24, 2.45) is 21.7 Å². The van der Waals surface area contributed by atoms with Gasteiger partial charge in [-0.1, -0.05) is 36.4 Å². The summed E-state index contributed by atoms with van der Waals surface area (Å²) in [6, 6.07) is 17.3. The second-order valence-corrected chi connectivity index (χ2v) is 8.21. The standard InChI is InChI=1S/C21H22N4O4S.HNO3/c1-15-12-17(28-11-5-10-24-25-21(22)23)14-18(13-15)29-30(26,27)20-9-4-7-16-6-2-3-8-19(16)20;2-1(3)4/h2-4,6-10,12-14H,5,11H2,1H3,(H4,22,23,25);(H,2,3,4)/b24-10-;. The van der Waals surface area contributed by atoms with Crippen molar-refractivity contribution in [1.29, 1.82) is 0 Å². The molecule has 0 unspecified atom stereocenters. The third kappa shape index (κ3) is 8.27. The monoisotopic (exact) mass is 489 g/mol. The number of hydrogen-bond acceptors (Lipinski definition) is 8. The first-order valence-corrected chi connectivity index (χ1v) is 11.1. The van der Waals surface area contributed by atoms with Gasteiger partial charge in [0, 0.05) is 24.1 Å². The molecule has 13 heteroatoms. The molecule has 0 aliphatic rings. The number of rotatable bonds is 8. The Balaban J connectivity index is 0.000000945. The van der Waals surface area contributed by atoms with Crippen molar-refractivity contribution in [3.8, 4) is 11.5 Å². The van der Waals surface area contributed by atoms with Crippen LogP contribution in [-0.4, -0.2) is 37.5 Å². The van der Waals surface area contributed by atoms with Crippen molar-refractivity contribution in [3.05, 3.63) is 76.3 Å². The molecule has 0 heterocycles. The van der Waals surface area contributed by atoms with Crippen molar-refractivity contribution in [1.82, 2.24) is 0 Å². The van der Waals surface area contributed by atoms with E-state index in [1.54, 1.807) is 30.3 Å². The van der Waals surface area contributed by atoms with Gasteiger partial charge in [-0.3, -0.25) is 0 Å². The lowest BCUT2D eigenvalue weighted by Crippen LogP contribution is -2.21. The molecule has 0 aromatic heterocycles. The van der Waals surface area contributed by atoms with Gasteiger partial charge in [-0.15, -0.1) is 15.2 Å². The lowest BCUT2D eigenvalue weighted by atomic mass is 10.1. The Labute approximate surface area is 195 Å². The quantitative estimate of drug-likeness (QED) is 0.106. The summed E-state index contributed by atoms with van der Waals surface area (Å²) in [7, 11) is -4.03. The highest BCUT2D eigenvalue weighted by molar-refractivity contribution is 7.87. The van der Waals surface area contributed by atoms with E-state index in [0.717, 1.165) is 10.9 Å². The summed E-state index contributed by atoms with van der Waals surface area (Å²) in [6.45, 7) is 2.13. The van der Waals surface area contributed by atoms with Crippen molar-refractivity contribution in [3.63, 3.8) is 0 Å². The molecule has 0 aliphatic carbocycles. The van der Waals surface area contributed by atoms with E-state index in [2.05, 4.69) is 10.2 Å². The predicted molar refractivity (Wildman–Crippen MR) is 126 cm³/mol. The fourth-order valence-electron chi connectivity index (χ4n) is 2.83. The van der Waals surface area contributed by atoms with E-state index >= 15 is 0 Å². The summed E-state index contributed by atoms with van der Waals surface area (Å²) in [5, 5.41) is 22.2. The Morgan fingerprint density at radius 3 is 2.47 bits per heavy atom. The summed E-state index contributed by atoms with van der Waals surface area (Å²) in [6.07, 6.45) is 1.98. The molecule has 0 amide bonds. The van der Waals surface area contributed by atoms with E-state index < -0.39 is 15.2 Å². The SMILES string of the molecule is Cc1cc(OCC/C=N\N=C(N)N)cc(OS(=O)(=O)c2cccc3ccccc23)c1.O=[N+]([O-])O. The summed E-state index contributed by atoms with van der Waals surface area (Å²) >= 11 is 0. The lowest BCUT2D eigenvalue weighted by Gasteiger charge is -2.12. The van der Waals surface area contributed by atoms with Crippen molar-refractivity contribution >= 4 is 33.1 Å². The lowest BCUT2D eigenvalue weighted by molar-refractivity contribution is -0.742. The van der Waals surface area contributed by atoms with Crippen LogP contribution in [0.25, 0.3) is 10.8 Å². The Bertz CT molecular complexity index is 1300. The molecule has 0 bridgehead atoms. The molecular formula is C21H23N5O7S. The number of fused-ring (bicyclic) bond motifs is 1. The maximum Gasteiger partial charge on any atom is 0.339 e. The van der Waals surface area contributed by atoms with E-state index in [9.17, 15) is 8.42 Å². The average Bonchev–Trinajstić information content (AvgIpc) is 2.74. The minimum Gasteiger partial charge on any atom is -0.493 e. The second kappa shape index (κ2) is 12.0. The van der Waals surface area contributed by atoms with Crippen molar-refractivity contribution in [2.75, 3.05) is 6.61 Å². The first kappa shape index (κ1) is 25.9. The molecule has 180 valence electrons. The van der Waals surface area contributed by atoms with Gasteiger partial charge in [-0.25, -0.2) is 0 Å². The smallest absolute Gasteiger partial charge is 0.339 e. The van der Waals surface area contributed by atoms with E-state index in [-0.39, 0.29) is 16.6 Å². The van der Waals surface area contributed by atoms with Crippen LogP contribution in [-0.2, 0) is 10.1 Å². The van der Waals surface area contributed by atoms with Crippen LogP contribution in [0.15, 0.2) is 75.8 Å². The Kier molecular flexibility index (Phi) is 9.14. The summed E-state index contributed by atoms with van der Waals surface area (Å²) in [5.74, 6) is 0.528. The molecule has 0 fully saturated rings. The summed E-state index contributed by atoms with van der Waals surface area (Å²) in [4.78, 5) is 8.47. The molecule has 0 saturated heterocycles. The van der Waals surface area contributed by atoms with E-state index in [1.807, 2.05) is 25.1 Å². The second-order valence-electron chi connectivity index (χ2n) is 6.69. The van der Waals surface area contributed by atoms with Gasteiger partial charge >= 0.3 is 10.1 Å². The molecular weight excluding hydrogens is 466 g/mol. The minimum absolute atomic E-state index is 0.112. The van der Waals surface area contributed by atoms with Gasteiger partial charge in [-0.2, -0.15) is 13.5 Å². The molecule has 0 radical (unpaired) electrons. The minimum atomic E-state index is -4.03. The summed E-state index contributed by atoms with van der Waals surface area (Å²) in [5.41, 5.74) is 11.1. The van der Waals surface area contributed by atoms with Gasteiger partial charge in [0.05, 0.1) is 6.61 Å². The van der Waals surface area contributed by atoms with E-state index in [0.29, 0.717) is 24.2 Å². The van der Waals surface area contributed by atoms with Gasteiger partial charge in [0.2, 0.25) is 5.96 Å². The fourth-order valence-corrected chi connectivity index (χ4v) is 3.97. The number of hydrogen-bond donors (Lipinski definition) is 3. The number of ether oxygens (including phenoxy) is 1. The molecule has 3 rings (SSSR count). The molecule has 0 saturated carbocycles.